The minimum absolute atomic E-state index is 0.266. The second-order valence-corrected chi connectivity index (χ2v) is 5.88. The molecule has 2 heterocycles. The topological polar surface area (TPSA) is 79.8 Å². The Kier molecular flexibility index (Phi) is 5.53. The van der Waals surface area contributed by atoms with E-state index in [-0.39, 0.29) is 11.6 Å². The highest BCUT2D eigenvalue weighted by Crippen LogP contribution is 2.21. The van der Waals surface area contributed by atoms with Gasteiger partial charge in [0.2, 0.25) is 0 Å². The standard InChI is InChI=1S/C20H21N5O/c1-3-15-8-6-7-14(2)19(15)25-20(26)17-12-24-18(13-22-17)23-11-16-9-4-5-10-21-16/h4-10,12-13H,3,11H2,1-2H3,(H,23,24)(H,25,26). The van der Waals surface area contributed by atoms with Crippen LogP contribution in [0.5, 0.6) is 0 Å². The number of para-hydroxylation sites is 1. The maximum atomic E-state index is 12.5. The quantitative estimate of drug-likeness (QED) is 0.712. The Labute approximate surface area is 152 Å². The van der Waals surface area contributed by atoms with E-state index in [9.17, 15) is 4.79 Å². The molecule has 6 nitrogen and oxygen atoms in total. The van der Waals surface area contributed by atoms with Crippen molar-refractivity contribution in [3.05, 3.63) is 77.5 Å². The fourth-order valence-electron chi connectivity index (χ4n) is 2.60. The summed E-state index contributed by atoms with van der Waals surface area (Å²) in [7, 11) is 0. The third kappa shape index (κ3) is 4.22. The number of benzene rings is 1. The van der Waals surface area contributed by atoms with Crippen molar-refractivity contribution in [2.45, 2.75) is 26.8 Å². The fraction of sp³-hybridized carbons (Fsp3) is 0.200. The van der Waals surface area contributed by atoms with Crippen LogP contribution in [-0.2, 0) is 13.0 Å². The molecule has 3 aromatic rings. The normalized spacial score (nSPS) is 10.4. The zero-order valence-electron chi connectivity index (χ0n) is 14.9. The van der Waals surface area contributed by atoms with E-state index in [0.29, 0.717) is 12.4 Å². The summed E-state index contributed by atoms with van der Waals surface area (Å²) >= 11 is 0. The second-order valence-electron chi connectivity index (χ2n) is 5.88. The summed E-state index contributed by atoms with van der Waals surface area (Å²) < 4.78 is 0. The third-order valence-electron chi connectivity index (χ3n) is 4.04. The van der Waals surface area contributed by atoms with E-state index in [4.69, 9.17) is 0 Å². The van der Waals surface area contributed by atoms with Crippen molar-refractivity contribution in [2.24, 2.45) is 0 Å². The SMILES string of the molecule is CCc1cccc(C)c1NC(=O)c1cnc(NCc2ccccn2)cn1. The Hall–Kier alpha value is -3.28. The lowest BCUT2D eigenvalue weighted by Crippen LogP contribution is -2.16. The summed E-state index contributed by atoms with van der Waals surface area (Å²) in [6, 6.07) is 11.7. The van der Waals surface area contributed by atoms with Gasteiger partial charge in [-0.25, -0.2) is 9.97 Å². The van der Waals surface area contributed by atoms with Gasteiger partial charge >= 0.3 is 0 Å². The van der Waals surface area contributed by atoms with Crippen LogP contribution in [0, 0.1) is 6.92 Å². The number of nitrogens with one attached hydrogen (secondary N) is 2. The molecule has 1 amide bonds. The van der Waals surface area contributed by atoms with Gasteiger partial charge in [-0.2, -0.15) is 0 Å². The Morgan fingerprint density at radius 1 is 1.04 bits per heavy atom. The minimum Gasteiger partial charge on any atom is -0.363 e. The molecule has 0 saturated carbocycles. The predicted molar refractivity (Wildman–Crippen MR) is 102 cm³/mol. The molecule has 0 atom stereocenters. The van der Waals surface area contributed by atoms with E-state index in [1.807, 2.05) is 43.3 Å². The molecule has 26 heavy (non-hydrogen) atoms. The summed E-state index contributed by atoms with van der Waals surface area (Å²) in [5.74, 6) is 0.329. The zero-order valence-corrected chi connectivity index (χ0v) is 14.9. The molecule has 0 saturated heterocycles. The maximum absolute atomic E-state index is 12.5. The molecule has 2 N–H and O–H groups in total. The number of anilines is 2. The van der Waals surface area contributed by atoms with Crippen LogP contribution in [-0.4, -0.2) is 20.9 Å². The van der Waals surface area contributed by atoms with Gasteiger partial charge in [0, 0.05) is 11.9 Å². The number of hydrogen-bond donors (Lipinski definition) is 2. The Bertz CT molecular complexity index is 878. The van der Waals surface area contributed by atoms with Crippen molar-refractivity contribution in [3.8, 4) is 0 Å². The molecular weight excluding hydrogens is 326 g/mol. The Balaban J connectivity index is 1.66. The maximum Gasteiger partial charge on any atom is 0.275 e. The van der Waals surface area contributed by atoms with E-state index < -0.39 is 0 Å². The van der Waals surface area contributed by atoms with Gasteiger partial charge in [0.05, 0.1) is 24.6 Å². The summed E-state index contributed by atoms with van der Waals surface area (Å²) in [5.41, 5.74) is 4.15. The summed E-state index contributed by atoms with van der Waals surface area (Å²) in [6.45, 7) is 4.58. The molecule has 0 aliphatic carbocycles. The number of carbonyl (C=O) groups is 1. The van der Waals surface area contributed by atoms with Gasteiger partial charge in [0.15, 0.2) is 0 Å². The largest absolute Gasteiger partial charge is 0.363 e. The lowest BCUT2D eigenvalue weighted by atomic mass is 10.1. The molecule has 132 valence electrons. The highest BCUT2D eigenvalue weighted by atomic mass is 16.1. The molecule has 0 bridgehead atoms. The first-order valence-corrected chi connectivity index (χ1v) is 8.53. The molecular formula is C20H21N5O. The molecule has 0 fully saturated rings. The number of pyridine rings is 1. The smallest absolute Gasteiger partial charge is 0.275 e. The van der Waals surface area contributed by atoms with E-state index in [1.165, 1.54) is 6.20 Å². The van der Waals surface area contributed by atoms with Gasteiger partial charge in [-0.05, 0) is 36.6 Å². The molecule has 0 aliphatic rings. The molecule has 0 aliphatic heterocycles. The first-order chi connectivity index (χ1) is 12.7. The highest BCUT2D eigenvalue weighted by molar-refractivity contribution is 6.03. The summed E-state index contributed by atoms with van der Waals surface area (Å²) in [5, 5.41) is 6.09. The number of carbonyl (C=O) groups excluding carboxylic acids is 1. The van der Waals surface area contributed by atoms with Crippen molar-refractivity contribution >= 4 is 17.4 Å². The Morgan fingerprint density at radius 3 is 2.62 bits per heavy atom. The van der Waals surface area contributed by atoms with Crippen LogP contribution in [0.1, 0.15) is 34.2 Å². The van der Waals surface area contributed by atoms with Gasteiger partial charge in [-0.15, -0.1) is 0 Å². The number of nitrogens with zero attached hydrogens (tertiary/aromatic N) is 3. The van der Waals surface area contributed by atoms with Crippen LogP contribution in [0.15, 0.2) is 55.0 Å². The monoisotopic (exact) mass is 347 g/mol. The average molecular weight is 347 g/mol. The van der Waals surface area contributed by atoms with Crippen molar-refractivity contribution in [1.29, 1.82) is 0 Å². The van der Waals surface area contributed by atoms with Crippen molar-refractivity contribution in [3.63, 3.8) is 0 Å². The van der Waals surface area contributed by atoms with Crippen LogP contribution in [0.2, 0.25) is 0 Å². The van der Waals surface area contributed by atoms with Gasteiger partial charge in [-0.3, -0.25) is 9.78 Å². The Morgan fingerprint density at radius 2 is 1.92 bits per heavy atom. The predicted octanol–water partition coefficient (Wildman–Crippen LogP) is 3.61. The highest BCUT2D eigenvalue weighted by Gasteiger charge is 2.12. The first kappa shape index (κ1) is 17.5. The average Bonchev–Trinajstić information content (AvgIpc) is 2.69. The van der Waals surface area contributed by atoms with Crippen LogP contribution < -0.4 is 10.6 Å². The zero-order chi connectivity index (χ0) is 18.4. The minimum atomic E-state index is -0.266. The number of amides is 1. The molecule has 3 rings (SSSR count). The van der Waals surface area contributed by atoms with Gasteiger partial charge < -0.3 is 10.6 Å². The van der Waals surface area contributed by atoms with E-state index >= 15 is 0 Å². The number of hydrogen-bond acceptors (Lipinski definition) is 5. The fourth-order valence-corrected chi connectivity index (χ4v) is 2.60. The second kappa shape index (κ2) is 8.20. The molecule has 6 heteroatoms. The molecule has 0 radical (unpaired) electrons. The molecule has 0 unspecified atom stereocenters. The van der Waals surface area contributed by atoms with Crippen molar-refractivity contribution in [1.82, 2.24) is 15.0 Å². The van der Waals surface area contributed by atoms with Gasteiger partial charge in [-0.1, -0.05) is 31.2 Å². The molecule has 1 aromatic carbocycles. The van der Waals surface area contributed by atoms with E-state index in [2.05, 4.69) is 32.5 Å². The number of aryl methyl sites for hydroxylation is 2. The van der Waals surface area contributed by atoms with E-state index in [1.54, 1.807) is 12.4 Å². The van der Waals surface area contributed by atoms with Crippen LogP contribution >= 0.6 is 0 Å². The van der Waals surface area contributed by atoms with Gasteiger partial charge in [0.25, 0.3) is 5.91 Å². The number of aromatic nitrogens is 3. The van der Waals surface area contributed by atoms with Crippen LogP contribution in [0.3, 0.4) is 0 Å². The van der Waals surface area contributed by atoms with Gasteiger partial charge in [0.1, 0.15) is 11.5 Å². The summed E-state index contributed by atoms with van der Waals surface area (Å²) in [6.07, 6.45) is 5.61. The summed E-state index contributed by atoms with van der Waals surface area (Å²) in [4.78, 5) is 25.2. The first-order valence-electron chi connectivity index (χ1n) is 8.53. The van der Waals surface area contributed by atoms with Crippen LogP contribution in [0.4, 0.5) is 11.5 Å². The van der Waals surface area contributed by atoms with E-state index in [0.717, 1.165) is 28.9 Å². The van der Waals surface area contributed by atoms with Crippen molar-refractivity contribution in [2.75, 3.05) is 10.6 Å². The van der Waals surface area contributed by atoms with Crippen LogP contribution in [0.25, 0.3) is 0 Å². The number of rotatable bonds is 6. The molecule has 0 spiro atoms. The lowest BCUT2D eigenvalue weighted by Gasteiger charge is -2.12. The lowest BCUT2D eigenvalue weighted by molar-refractivity contribution is 0.102. The molecule has 2 aromatic heterocycles. The van der Waals surface area contributed by atoms with Crippen molar-refractivity contribution < 1.29 is 4.79 Å². The third-order valence-corrected chi connectivity index (χ3v) is 4.04.